The van der Waals surface area contributed by atoms with Gasteiger partial charge >= 0.3 is 0 Å². The van der Waals surface area contributed by atoms with E-state index in [0.717, 1.165) is 15.9 Å². The van der Waals surface area contributed by atoms with Crippen molar-refractivity contribution in [2.75, 3.05) is 5.73 Å². The fourth-order valence-corrected chi connectivity index (χ4v) is 3.40. The zero-order chi connectivity index (χ0) is 14.4. The van der Waals surface area contributed by atoms with Crippen LogP contribution in [0, 0.1) is 11.3 Å². The number of nitrogens with two attached hydrogens (primary N) is 1. The first-order valence-corrected chi connectivity index (χ1v) is 8.00. The van der Waals surface area contributed by atoms with E-state index < -0.39 is 0 Å². The monoisotopic (exact) mass is 297 g/mol. The zero-order valence-electron chi connectivity index (χ0n) is 11.5. The summed E-state index contributed by atoms with van der Waals surface area (Å²) in [6.07, 6.45) is 4.90. The lowest BCUT2D eigenvalue weighted by Crippen LogP contribution is -2.01. The number of hydrogen-bond acceptors (Lipinski definition) is 5. The molecule has 1 aromatic heterocycles. The minimum Gasteiger partial charge on any atom is -0.398 e. The van der Waals surface area contributed by atoms with Crippen LogP contribution in [-0.4, -0.2) is 14.8 Å². The van der Waals surface area contributed by atoms with Gasteiger partial charge in [-0.05, 0) is 55.6 Å². The van der Waals surface area contributed by atoms with Crippen LogP contribution in [0.15, 0.2) is 28.3 Å². The number of nitriles is 1. The molecular formula is C15H15N5S. The second kappa shape index (κ2) is 4.78. The van der Waals surface area contributed by atoms with Crippen LogP contribution in [-0.2, 0) is 0 Å². The smallest absolute Gasteiger partial charge is 0.196 e. The standard InChI is InChI=1S/C15H15N5S/c16-8-10-7-12(5-6-13(10)17)21-15-19-18-14(9-1-2-9)20(15)11-3-4-11/h5-7,9,11H,1-4,17H2. The average molecular weight is 297 g/mol. The van der Waals surface area contributed by atoms with E-state index in [0.29, 0.717) is 23.2 Å². The first-order chi connectivity index (χ1) is 10.3. The summed E-state index contributed by atoms with van der Waals surface area (Å²) in [6.45, 7) is 0. The lowest BCUT2D eigenvalue weighted by molar-refractivity contribution is 0.627. The zero-order valence-corrected chi connectivity index (χ0v) is 12.3. The van der Waals surface area contributed by atoms with Crippen LogP contribution in [0.2, 0.25) is 0 Å². The van der Waals surface area contributed by atoms with Crippen LogP contribution in [0.3, 0.4) is 0 Å². The quantitative estimate of drug-likeness (QED) is 0.877. The van der Waals surface area contributed by atoms with E-state index in [9.17, 15) is 0 Å². The van der Waals surface area contributed by atoms with Gasteiger partial charge in [0.05, 0.1) is 5.56 Å². The SMILES string of the molecule is N#Cc1cc(Sc2nnc(C3CC3)n2C2CC2)ccc1N. The number of benzene rings is 1. The number of rotatable bonds is 4. The minimum absolute atomic E-state index is 0.514. The van der Waals surface area contributed by atoms with Crippen molar-refractivity contribution in [2.24, 2.45) is 0 Å². The molecule has 0 spiro atoms. The molecule has 0 aliphatic heterocycles. The van der Waals surface area contributed by atoms with Gasteiger partial charge in [-0.1, -0.05) is 0 Å². The summed E-state index contributed by atoms with van der Waals surface area (Å²) < 4.78 is 2.31. The molecule has 2 N–H and O–H groups in total. The molecule has 0 saturated heterocycles. The Kier molecular flexibility index (Phi) is 2.89. The van der Waals surface area contributed by atoms with E-state index in [1.165, 1.54) is 25.7 Å². The third kappa shape index (κ3) is 2.38. The number of nitrogen functional groups attached to an aromatic ring is 1. The van der Waals surface area contributed by atoms with Gasteiger partial charge in [-0.2, -0.15) is 5.26 Å². The highest BCUT2D eigenvalue weighted by molar-refractivity contribution is 7.99. The van der Waals surface area contributed by atoms with Crippen molar-refractivity contribution in [1.29, 1.82) is 5.26 Å². The molecule has 0 unspecified atom stereocenters. The molecule has 0 atom stereocenters. The van der Waals surface area contributed by atoms with Crippen molar-refractivity contribution in [3.05, 3.63) is 29.6 Å². The molecule has 2 aromatic rings. The highest BCUT2D eigenvalue weighted by Gasteiger charge is 2.36. The number of anilines is 1. The molecule has 2 fully saturated rings. The summed E-state index contributed by atoms with van der Waals surface area (Å²) in [5.41, 5.74) is 6.80. The molecule has 1 heterocycles. The van der Waals surface area contributed by atoms with Crippen LogP contribution >= 0.6 is 11.8 Å². The fraction of sp³-hybridized carbons (Fsp3) is 0.400. The van der Waals surface area contributed by atoms with Gasteiger partial charge < -0.3 is 10.3 Å². The maximum absolute atomic E-state index is 9.07. The topological polar surface area (TPSA) is 80.5 Å². The Hall–Kier alpha value is -2.00. The lowest BCUT2D eigenvalue weighted by Gasteiger charge is -2.08. The average Bonchev–Trinajstić information content (AvgIpc) is 3.40. The Morgan fingerprint density at radius 1 is 1.24 bits per heavy atom. The summed E-state index contributed by atoms with van der Waals surface area (Å²) in [5, 5.41) is 18.8. The third-order valence-corrected chi connectivity index (χ3v) is 4.85. The van der Waals surface area contributed by atoms with Crippen molar-refractivity contribution >= 4 is 17.4 Å². The summed E-state index contributed by atoms with van der Waals surface area (Å²) in [7, 11) is 0. The van der Waals surface area contributed by atoms with Crippen molar-refractivity contribution in [2.45, 2.75) is 47.7 Å². The largest absolute Gasteiger partial charge is 0.398 e. The Morgan fingerprint density at radius 3 is 2.71 bits per heavy atom. The molecule has 4 rings (SSSR count). The maximum atomic E-state index is 9.07. The van der Waals surface area contributed by atoms with Gasteiger partial charge in [0, 0.05) is 22.5 Å². The van der Waals surface area contributed by atoms with E-state index in [2.05, 4.69) is 20.8 Å². The Morgan fingerprint density at radius 2 is 2.05 bits per heavy atom. The lowest BCUT2D eigenvalue weighted by atomic mass is 10.2. The predicted octanol–water partition coefficient (Wildman–Crippen LogP) is 3.10. The van der Waals surface area contributed by atoms with Crippen LogP contribution in [0.25, 0.3) is 0 Å². The molecule has 1 aromatic carbocycles. The molecule has 0 bridgehead atoms. The molecule has 106 valence electrons. The number of aromatic nitrogens is 3. The predicted molar refractivity (Wildman–Crippen MR) is 80.0 cm³/mol. The van der Waals surface area contributed by atoms with Crippen LogP contribution in [0.4, 0.5) is 5.69 Å². The summed E-state index contributed by atoms with van der Waals surface area (Å²) in [4.78, 5) is 0.984. The van der Waals surface area contributed by atoms with Crippen molar-refractivity contribution in [3.63, 3.8) is 0 Å². The van der Waals surface area contributed by atoms with Crippen molar-refractivity contribution < 1.29 is 0 Å². The van der Waals surface area contributed by atoms with Crippen molar-refractivity contribution in [1.82, 2.24) is 14.8 Å². The molecular weight excluding hydrogens is 282 g/mol. The Labute approximate surface area is 127 Å². The Bertz CT molecular complexity index is 737. The molecule has 2 saturated carbocycles. The molecule has 2 aliphatic rings. The van der Waals surface area contributed by atoms with E-state index in [-0.39, 0.29) is 0 Å². The number of nitrogens with zero attached hydrogens (tertiary/aromatic N) is 4. The highest BCUT2D eigenvalue weighted by Crippen LogP contribution is 2.46. The van der Waals surface area contributed by atoms with E-state index in [1.807, 2.05) is 12.1 Å². The fourth-order valence-electron chi connectivity index (χ4n) is 2.45. The highest BCUT2D eigenvalue weighted by atomic mass is 32.2. The first kappa shape index (κ1) is 12.7. The van der Waals surface area contributed by atoms with E-state index in [1.54, 1.807) is 17.8 Å². The summed E-state index contributed by atoms with van der Waals surface area (Å²) in [5.74, 6) is 1.75. The van der Waals surface area contributed by atoms with Crippen LogP contribution < -0.4 is 5.73 Å². The summed E-state index contributed by atoms with van der Waals surface area (Å²) in [6, 6.07) is 8.23. The van der Waals surface area contributed by atoms with Gasteiger partial charge in [-0.3, -0.25) is 0 Å². The number of hydrogen-bond donors (Lipinski definition) is 1. The molecule has 6 heteroatoms. The van der Waals surface area contributed by atoms with E-state index in [4.69, 9.17) is 11.0 Å². The second-order valence-corrected chi connectivity index (χ2v) is 6.72. The van der Waals surface area contributed by atoms with E-state index >= 15 is 0 Å². The minimum atomic E-state index is 0.514. The van der Waals surface area contributed by atoms with Gasteiger partial charge in [0.1, 0.15) is 11.9 Å². The normalized spacial score (nSPS) is 17.7. The first-order valence-electron chi connectivity index (χ1n) is 7.18. The van der Waals surface area contributed by atoms with Gasteiger partial charge in [0.2, 0.25) is 0 Å². The summed E-state index contributed by atoms with van der Waals surface area (Å²) >= 11 is 1.57. The molecule has 0 amide bonds. The van der Waals surface area contributed by atoms with Gasteiger partial charge in [0.25, 0.3) is 0 Å². The van der Waals surface area contributed by atoms with Gasteiger partial charge in [0.15, 0.2) is 5.16 Å². The van der Waals surface area contributed by atoms with Crippen LogP contribution in [0.1, 0.15) is 49.0 Å². The van der Waals surface area contributed by atoms with Gasteiger partial charge in [-0.15, -0.1) is 10.2 Å². The Balaban J connectivity index is 1.67. The maximum Gasteiger partial charge on any atom is 0.196 e. The van der Waals surface area contributed by atoms with Crippen molar-refractivity contribution in [3.8, 4) is 6.07 Å². The molecule has 0 radical (unpaired) electrons. The van der Waals surface area contributed by atoms with Crippen LogP contribution in [0.5, 0.6) is 0 Å². The molecule has 21 heavy (non-hydrogen) atoms. The molecule has 5 nitrogen and oxygen atoms in total. The molecule has 2 aliphatic carbocycles. The third-order valence-electron chi connectivity index (χ3n) is 3.90. The second-order valence-electron chi connectivity index (χ2n) is 5.68. The van der Waals surface area contributed by atoms with Gasteiger partial charge in [-0.25, -0.2) is 0 Å².